The summed E-state index contributed by atoms with van der Waals surface area (Å²) in [6.07, 6.45) is 5.50. The maximum Gasteiger partial charge on any atom is 0.161 e. The Hall–Kier alpha value is -1.88. The summed E-state index contributed by atoms with van der Waals surface area (Å²) >= 11 is 0. The molecule has 2 rings (SSSR count). The number of nitrogens with zero attached hydrogens (tertiary/aromatic N) is 3. The molecule has 1 atom stereocenters. The molecule has 2 heterocycles. The van der Waals surface area contributed by atoms with Gasteiger partial charge in [0.15, 0.2) is 5.75 Å². The first kappa shape index (κ1) is 14.5. The van der Waals surface area contributed by atoms with Crippen molar-refractivity contribution in [2.45, 2.75) is 32.9 Å². The van der Waals surface area contributed by atoms with Crippen molar-refractivity contribution in [3.63, 3.8) is 0 Å². The first-order chi connectivity index (χ1) is 9.58. The third-order valence-corrected chi connectivity index (χ3v) is 3.30. The van der Waals surface area contributed by atoms with Crippen molar-refractivity contribution >= 4 is 0 Å². The summed E-state index contributed by atoms with van der Waals surface area (Å²) < 4.78 is 7.46. The molecule has 0 bridgehead atoms. The molecule has 0 amide bonds. The van der Waals surface area contributed by atoms with Crippen LogP contribution in [0.25, 0.3) is 0 Å². The predicted molar refractivity (Wildman–Crippen MR) is 79.0 cm³/mol. The largest absolute Gasteiger partial charge is 0.493 e. The van der Waals surface area contributed by atoms with E-state index in [0.29, 0.717) is 0 Å². The van der Waals surface area contributed by atoms with Crippen LogP contribution in [-0.4, -0.2) is 28.9 Å². The Kier molecular flexibility index (Phi) is 4.39. The average Bonchev–Trinajstić information content (AvgIpc) is 2.84. The lowest BCUT2D eigenvalue weighted by atomic mass is 10.0. The highest BCUT2D eigenvalue weighted by Gasteiger charge is 2.23. The van der Waals surface area contributed by atoms with Crippen LogP contribution in [-0.2, 0) is 0 Å². The zero-order valence-corrected chi connectivity index (χ0v) is 12.7. The van der Waals surface area contributed by atoms with E-state index in [1.807, 2.05) is 31.0 Å². The fraction of sp³-hybridized carbons (Fsp3) is 0.467. The predicted octanol–water partition coefficient (Wildman–Crippen LogP) is 2.48. The Bertz CT molecular complexity index is 577. The Morgan fingerprint density at radius 2 is 2.00 bits per heavy atom. The maximum atomic E-state index is 5.47. The third kappa shape index (κ3) is 2.67. The number of methoxy groups -OCH3 is 1. The molecular weight excluding hydrogens is 252 g/mol. The summed E-state index contributed by atoms with van der Waals surface area (Å²) in [5.74, 6) is 0.791. The van der Waals surface area contributed by atoms with Crippen molar-refractivity contribution in [1.29, 1.82) is 0 Å². The van der Waals surface area contributed by atoms with Gasteiger partial charge in [0.2, 0.25) is 0 Å². The normalized spacial score (nSPS) is 12.7. The highest BCUT2D eigenvalue weighted by Crippen LogP contribution is 2.31. The molecule has 0 aliphatic carbocycles. The van der Waals surface area contributed by atoms with E-state index in [0.717, 1.165) is 22.6 Å². The zero-order chi connectivity index (χ0) is 14.7. The molecule has 0 aliphatic rings. The first-order valence-corrected chi connectivity index (χ1v) is 6.78. The molecule has 108 valence electrons. The van der Waals surface area contributed by atoms with E-state index in [1.165, 1.54) is 0 Å². The molecule has 1 N–H and O–H groups in total. The molecule has 0 aromatic carbocycles. The van der Waals surface area contributed by atoms with Crippen molar-refractivity contribution < 1.29 is 4.74 Å². The van der Waals surface area contributed by atoms with Gasteiger partial charge in [-0.25, -0.2) is 0 Å². The van der Waals surface area contributed by atoms with Gasteiger partial charge in [0, 0.05) is 18.4 Å². The van der Waals surface area contributed by atoms with E-state index in [-0.39, 0.29) is 12.1 Å². The van der Waals surface area contributed by atoms with E-state index in [2.05, 4.69) is 35.3 Å². The Morgan fingerprint density at radius 3 is 2.55 bits per heavy atom. The zero-order valence-electron chi connectivity index (χ0n) is 12.7. The number of hydrogen-bond acceptors (Lipinski definition) is 4. The SMILES string of the molecule is CNC(c1cncc(C)c1)c1c(OC)cnn1C(C)C. The quantitative estimate of drug-likeness (QED) is 0.910. The second kappa shape index (κ2) is 6.05. The average molecular weight is 274 g/mol. The van der Waals surface area contributed by atoms with Gasteiger partial charge in [-0.1, -0.05) is 6.07 Å². The Labute approximate surface area is 120 Å². The van der Waals surface area contributed by atoms with Crippen LogP contribution in [0.5, 0.6) is 5.75 Å². The summed E-state index contributed by atoms with van der Waals surface area (Å²) in [5, 5.41) is 7.77. The molecular formula is C15H22N4O. The molecule has 1 unspecified atom stereocenters. The molecule has 0 fully saturated rings. The van der Waals surface area contributed by atoms with Crippen LogP contribution >= 0.6 is 0 Å². The highest BCUT2D eigenvalue weighted by molar-refractivity contribution is 5.36. The summed E-state index contributed by atoms with van der Waals surface area (Å²) in [7, 11) is 3.61. The molecule has 2 aromatic rings. The van der Waals surface area contributed by atoms with E-state index in [4.69, 9.17) is 4.74 Å². The van der Waals surface area contributed by atoms with Crippen LogP contribution in [0.3, 0.4) is 0 Å². The van der Waals surface area contributed by atoms with E-state index >= 15 is 0 Å². The molecule has 5 heteroatoms. The summed E-state index contributed by atoms with van der Waals surface area (Å²) in [4.78, 5) is 4.28. The van der Waals surface area contributed by atoms with Crippen molar-refractivity contribution in [1.82, 2.24) is 20.1 Å². The molecule has 0 radical (unpaired) electrons. The lowest BCUT2D eigenvalue weighted by Crippen LogP contribution is -2.23. The molecule has 0 saturated carbocycles. The topological polar surface area (TPSA) is 52.0 Å². The monoisotopic (exact) mass is 274 g/mol. The van der Waals surface area contributed by atoms with Gasteiger partial charge in [-0.2, -0.15) is 5.10 Å². The van der Waals surface area contributed by atoms with Gasteiger partial charge in [-0.3, -0.25) is 9.67 Å². The first-order valence-electron chi connectivity index (χ1n) is 6.78. The molecule has 0 spiro atoms. The van der Waals surface area contributed by atoms with Gasteiger partial charge >= 0.3 is 0 Å². The number of aryl methyl sites for hydroxylation is 1. The van der Waals surface area contributed by atoms with Crippen molar-refractivity contribution in [2.24, 2.45) is 0 Å². The van der Waals surface area contributed by atoms with Gasteiger partial charge in [0.25, 0.3) is 0 Å². The van der Waals surface area contributed by atoms with Crippen molar-refractivity contribution in [3.8, 4) is 5.75 Å². The van der Waals surface area contributed by atoms with Crippen LogP contribution < -0.4 is 10.1 Å². The standard InChI is InChI=1S/C15H22N4O/c1-10(2)19-15(13(20-5)9-18-19)14(16-4)12-6-11(3)7-17-8-12/h6-10,14,16H,1-5H3. The molecule has 0 aliphatic heterocycles. The summed E-state index contributed by atoms with van der Waals surface area (Å²) in [6.45, 7) is 6.26. The van der Waals surface area contributed by atoms with Crippen molar-refractivity contribution in [2.75, 3.05) is 14.2 Å². The molecule has 20 heavy (non-hydrogen) atoms. The highest BCUT2D eigenvalue weighted by atomic mass is 16.5. The van der Waals surface area contributed by atoms with Gasteiger partial charge in [-0.05, 0) is 38.9 Å². The minimum atomic E-state index is 0.00208. The summed E-state index contributed by atoms with van der Waals surface area (Å²) in [6, 6.07) is 2.40. The minimum Gasteiger partial charge on any atom is -0.493 e. The second-order valence-corrected chi connectivity index (χ2v) is 5.15. The minimum absolute atomic E-state index is 0.00208. The molecule has 5 nitrogen and oxygen atoms in total. The lowest BCUT2D eigenvalue weighted by molar-refractivity contribution is 0.396. The van der Waals surface area contributed by atoms with Gasteiger partial charge in [0.1, 0.15) is 5.69 Å². The van der Waals surface area contributed by atoms with Crippen LogP contribution in [0.2, 0.25) is 0 Å². The van der Waals surface area contributed by atoms with Gasteiger partial charge in [-0.15, -0.1) is 0 Å². The lowest BCUT2D eigenvalue weighted by Gasteiger charge is -2.21. The third-order valence-electron chi connectivity index (χ3n) is 3.30. The number of pyridine rings is 1. The molecule has 2 aromatic heterocycles. The Balaban J connectivity index is 2.54. The van der Waals surface area contributed by atoms with E-state index < -0.39 is 0 Å². The number of ether oxygens (including phenoxy) is 1. The van der Waals surface area contributed by atoms with Crippen LogP contribution in [0.15, 0.2) is 24.7 Å². The Morgan fingerprint density at radius 1 is 1.25 bits per heavy atom. The van der Waals surface area contributed by atoms with Gasteiger partial charge < -0.3 is 10.1 Å². The number of nitrogens with one attached hydrogen (secondary N) is 1. The second-order valence-electron chi connectivity index (χ2n) is 5.15. The summed E-state index contributed by atoms with van der Waals surface area (Å²) in [5.41, 5.74) is 3.27. The number of aromatic nitrogens is 3. The fourth-order valence-corrected chi connectivity index (χ4v) is 2.40. The van der Waals surface area contributed by atoms with Crippen LogP contribution in [0.1, 0.15) is 42.8 Å². The van der Waals surface area contributed by atoms with E-state index in [9.17, 15) is 0 Å². The van der Waals surface area contributed by atoms with Crippen molar-refractivity contribution in [3.05, 3.63) is 41.5 Å². The maximum absolute atomic E-state index is 5.47. The van der Waals surface area contributed by atoms with Crippen LogP contribution in [0, 0.1) is 6.92 Å². The molecule has 0 saturated heterocycles. The number of hydrogen-bond donors (Lipinski definition) is 1. The fourth-order valence-electron chi connectivity index (χ4n) is 2.40. The smallest absolute Gasteiger partial charge is 0.161 e. The van der Waals surface area contributed by atoms with E-state index in [1.54, 1.807) is 13.3 Å². The van der Waals surface area contributed by atoms with Gasteiger partial charge in [0.05, 0.1) is 19.3 Å². The number of rotatable bonds is 5. The van der Waals surface area contributed by atoms with Crippen LogP contribution in [0.4, 0.5) is 0 Å².